The number of hydrogen-bond acceptors (Lipinski definition) is 3. The number of halogens is 1. The van der Waals surface area contributed by atoms with E-state index in [0.717, 1.165) is 5.56 Å². The van der Waals surface area contributed by atoms with Crippen molar-refractivity contribution in [3.8, 4) is 0 Å². The third-order valence-corrected chi connectivity index (χ3v) is 4.89. The van der Waals surface area contributed by atoms with Crippen LogP contribution in [0.25, 0.3) is 0 Å². The summed E-state index contributed by atoms with van der Waals surface area (Å²) in [7, 11) is -3.66. The number of benzene rings is 2. The summed E-state index contributed by atoms with van der Waals surface area (Å²) >= 11 is 3.22. The highest BCUT2D eigenvalue weighted by molar-refractivity contribution is 9.10. The van der Waals surface area contributed by atoms with E-state index in [2.05, 4.69) is 20.7 Å². The molecule has 0 unspecified atom stereocenters. The molecule has 2 rings (SSSR count). The minimum atomic E-state index is -3.66. The number of aryl methyl sites for hydroxylation is 1. The van der Waals surface area contributed by atoms with Crippen molar-refractivity contribution >= 4 is 37.3 Å². The molecule has 0 spiro atoms. The highest BCUT2D eigenvalue weighted by Gasteiger charge is 2.18. The monoisotopic (exact) mass is 340 g/mol. The van der Waals surface area contributed by atoms with Crippen LogP contribution in [0, 0.1) is 6.92 Å². The molecule has 100 valence electrons. The van der Waals surface area contributed by atoms with E-state index in [4.69, 9.17) is 5.73 Å². The molecule has 0 aliphatic rings. The Morgan fingerprint density at radius 3 is 2.58 bits per heavy atom. The van der Waals surface area contributed by atoms with E-state index in [1.165, 1.54) is 6.07 Å². The van der Waals surface area contributed by atoms with Crippen molar-refractivity contribution in [2.24, 2.45) is 0 Å². The van der Waals surface area contributed by atoms with Crippen LogP contribution in [0.2, 0.25) is 0 Å². The molecule has 0 saturated heterocycles. The predicted octanol–water partition coefficient (Wildman–Crippen LogP) is 3.14. The fourth-order valence-corrected chi connectivity index (χ4v) is 3.69. The van der Waals surface area contributed by atoms with Crippen LogP contribution in [0.4, 0.5) is 11.4 Å². The zero-order chi connectivity index (χ0) is 14.0. The Morgan fingerprint density at radius 2 is 1.89 bits per heavy atom. The molecule has 0 heterocycles. The number of nitrogens with one attached hydrogen (secondary N) is 1. The van der Waals surface area contributed by atoms with Gasteiger partial charge >= 0.3 is 0 Å². The van der Waals surface area contributed by atoms with E-state index in [9.17, 15) is 8.42 Å². The summed E-state index contributed by atoms with van der Waals surface area (Å²) in [6.07, 6.45) is 0. The molecular weight excluding hydrogens is 328 g/mol. The number of hydrogen-bond donors (Lipinski definition) is 2. The quantitative estimate of drug-likeness (QED) is 0.843. The summed E-state index contributed by atoms with van der Waals surface area (Å²) < 4.78 is 27.6. The fourth-order valence-electron chi connectivity index (χ4n) is 1.64. The topological polar surface area (TPSA) is 72.2 Å². The summed E-state index contributed by atoms with van der Waals surface area (Å²) in [6.45, 7) is 1.90. The Kier molecular flexibility index (Phi) is 3.82. The van der Waals surface area contributed by atoms with Crippen molar-refractivity contribution in [1.82, 2.24) is 0 Å². The summed E-state index contributed by atoms with van der Waals surface area (Å²) in [5, 5.41) is 0. The van der Waals surface area contributed by atoms with Crippen LogP contribution in [0.15, 0.2) is 51.8 Å². The number of nitrogen functional groups attached to an aromatic ring is 1. The molecule has 2 aromatic carbocycles. The zero-order valence-electron chi connectivity index (χ0n) is 10.2. The Hall–Kier alpha value is -1.53. The van der Waals surface area contributed by atoms with Gasteiger partial charge < -0.3 is 5.73 Å². The van der Waals surface area contributed by atoms with Crippen LogP contribution < -0.4 is 10.5 Å². The van der Waals surface area contributed by atoms with Crippen LogP contribution in [0.1, 0.15) is 5.56 Å². The normalized spacial score (nSPS) is 11.3. The van der Waals surface area contributed by atoms with Crippen molar-refractivity contribution < 1.29 is 8.42 Å². The van der Waals surface area contributed by atoms with Gasteiger partial charge in [0.15, 0.2) is 0 Å². The van der Waals surface area contributed by atoms with E-state index in [1.54, 1.807) is 30.3 Å². The maximum Gasteiger partial charge on any atom is 0.263 e. The van der Waals surface area contributed by atoms with E-state index in [1.807, 2.05) is 13.0 Å². The number of sulfonamides is 1. The van der Waals surface area contributed by atoms with Crippen molar-refractivity contribution in [3.63, 3.8) is 0 Å². The lowest BCUT2D eigenvalue weighted by atomic mass is 10.2. The van der Waals surface area contributed by atoms with Gasteiger partial charge in [0, 0.05) is 15.8 Å². The number of rotatable bonds is 3. The molecule has 0 bridgehead atoms. The van der Waals surface area contributed by atoms with Crippen LogP contribution in [-0.4, -0.2) is 8.42 Å². The Labute approximate surface area is 120 Å². The number of anilines is 2. The second-order valence-electron chi connectivity index (χ2n) is 4.16. The third-order valence-electron chi connectivity index (χ3n) is 2.52. The second-order valence-corrected chi connectivity index (χ2v) is 6.67. The second kappa shape index (κ2) is 5.22. The van der Waals surface area contributed by atoms with E-state index in [0.29, 0.717) is 15.8 Å². The van der Waals surface area contributed by atoms with Gasteiger partial charge in [0.2, 0.25) is 0 Å². The molecule has 0 aliphatic carbocycles. The lowest BCUT2D eigenvalue weighted by Gasteiger charge is -2.10. The average molecular weight is 341 g/mol. The largest absolute Gasteiger partial charge is 0.399 e. The van der Waals surface area contributed by atoms with Gasteiger partial charge in [0.05, 0.1) is 0 Å². The summed E-state index contributed by atoms with van der Waals surface area (Å²) in [4.78, 5) is 0.119. The van der Waals surface area contributed by atoms with Gasteiger partial charge in [-0.15, -0.1) is 0 Å². The number of nitrogens with two attached hydrogens (primary N) is 1. The van der Waals surface area contributed by atoms with Crippen LogP contribution in [0.3, 0.4) is 0 Å². The zero-order valence-corrected chi connectivity index (χ0v) is 12.6. The molecule has 0 atom stereocenters. The van der Waals surface area contributed by atoms with Crippen LogP contribution in [-0.2, 0) is 10.0 Å². The first-order valence-corrected chi connectivity index (χ1v) is 7.80. The highest BCUT2D eigenvalue weighted by atomic mass is 79.9. The lowest BCUT2D eigenvalue weighted by Crippen LogP contribution is -2.14. The van der Waals surface area contributed by atoms with E-state index >= 15 is 0 Å². The summed E-state index contributed by atoms with van der Waals surface area (Å²) in [6, 6.07) is 11.8. The first kappa shape index (κ1) is 13.9. The van der Waals surface area contributed by atoms with Gasteiger partial charge in [0.25, 0.3) is 10.0 Å². The van der Waals surface area contributed by atoms with Gasteiger partial charge in [-0.25, -0.2) is 8.42 Å². The van der Waals surface area contributed by atoms with Crippen LogP contribution in [0.5, 0.6) is 0 Å². The molecule has 2 aromatic rings. The lowest BCUT2D eigenvalue weighted by molar-refractivity contribution is 0.601. The predicted molar refractivity (Wildman–Crippen MR) is 80.5 cm³/mol. The fraction of sp³-hybridized carbons (Fsp3) is 0.0769. The Bertz CT molecular complexity index is 714. The van der Waals surface area contributed by atoms with Gasteiger partial charge in [-0.05, 0) is 58.7 Å². The van der Waals surface area contributed by atoms with Gasteiger partial charge in [-0.1, -0.05) is 12.1 Å². The molecule has 0 saturated carbocycles. The van der Waals surface area contributed by atoms with E-state index < -0.39 is 10.0 Å². The maximum atomic E-state index is 12.3. The van der Waals surface area contributed by atoms with Gasteiger partial charge in [-0.2, -0.15) is 0 Å². The minimum absolute atomic E-state index is 0.119. The van der Waals surface area contributed by atoms with Crippen molar-refractivity contribution in [2.75, 3.05) is 10.5 Å². The van der Waals surface area contributed by atoms with Crippen molar-refractivity contribution in [3.05, 3.63) is 52.5 Å². The van der Waals surface area contributed by atoms with Gasteiger partial charge in [-0.3, -0.25) is 4.72 Å². The molecule has 19 heavy (non-hydrogen) atoms. The maximum absolute atomic E-state index is 12.3. The molecule has 6 heteroatoms. The Morgan fingerprint density at radius 1 is 1.16 bits per heavy atom. The first-order chi connectivity index (χ1) is 8.88. The third kappa shape index (κ3) is 3.27. The minimum Gasteiger partial charge on any atom is -0.399 e. The van der Waals surface area contributed by atoms with Crippen molar-refractivity contribution in [2.45, 2.75) is 11.8 Å². The summed E-state index contributed by atoms with van der Waals surface area (Å²) in [5.41, 5.74) is 7.53. The standard InChI is InChI=1S/C13H13BrN2O2S/c1-9-3-2-4-11(7-9)16-19(17,18)13-8-10(15)5-6-12(13)14/h2-8,16H,15H2,1H3. The molecule has 0 aromatic heterocycles. The van der Waals surface area contributed by atoms with Gasteiger partial charge in [0.1, 0.15) is 4.90 Å². The molecule has 0 radical (unpaired) electrons. The smallest absolute Gasteiger partial charge is 0.263 e. The molecular formula is C13H13BrN2O2S. The van der Waals surface area contributed by atoms with Crippen molar-refractivity contribution in [1.29, 1.82) is 0 Å². The van der Waals surface area contributed by atoms with Crippen LogP contribution >= 0.6 is 15.9 Å². The molecule has 4 nitrogen and oxygen atoms in total. The average Bonchev–Trinajstić information content (AvgIpc) is 2.31. The Balaban J connectivity index is 2.40. The molecule has 0 aliphatic heterocycles. The first-order valence-electron chi connectivity index (χ1n) is 5.53. The molecule has 0 amide bonds. The molecule has 0 fully saturated rings. The molecule has 3 N–H and O–H groups in total. The SMILES string of the molecule is Cc1cccc(NS(=O)(=O)c2cc(N)ccc2Br)c1. The highest BCUT2D eigenvalue weighted by Crippen LogP contribution is 2.26. The summed E-state index contributed by atoms with van der Waals surface area (Å²) in [5.74, 6) is 0. The van der Waals surface area contributed by atoms with E-state index in [-0.39, 0.29) is 4.90 Å².